The Labute approximate surface area is 195 Å². The smallest absolute Gasteiger partial charge is 0.247 e. The third-order valence-electron chi connectivity index (χ3n) is 5.36. The molecule has 3 aromatic carbocycles. The van der Waals surface area contributed by atoms with Crippen molar-refractivity contribution in [1.82, 2.24) is 14.8 Å². The number of amides is 2. The molecule has 0 N–H and O–H groups in total. The molecule has 0 spiro atoms. The van der Waals surface area contributed by atoms with E-state index in [1.165, 1.54) is 16.7 Å². The number of para-hydroxylation sites is 1. The first-order valence-electron chi connectivity index (χ1n) is 10.4. The van der Waals surface area contributed by atoms with Crippen molar-refractivity contribution >= 4 is 29.3 Å². The normalized spacial score (nSPS) is 15.8. The van der Waals surface area contributed by atoms with Gasteiger partial charge in [0.25, 0.3) is 0 Å². The van der Waals surface area contributed by atoms with E-state index in [4.69, 9.17) is 4.74 Å². The van der Waals surface area contributed by atoms with Crippen LogP contribution in [0.15, 0.2) is 90.1 Å². The highest BCUT2D eigenvalue weighted by Crippen LogP contribution is 2.36. The summed E-state index contributed by atoms with van der Waals surface area (Å²) in [6, 6.07) is 26.4. The lowest BCUT2D eigenvalue weighted by molar-refractivity contribution is -0.121. The Morgan fingerprint density at radius 2 is 1.52 bits per heavy atom. The van der Waals surface area contributed by atoms with Gasteiger partial charge in [0.2, 0.25) is 11.8 Å². The SMILES string of the molecule is COc1ccc(N2C(=O)C[C@H](Sc3nnc(-c4ccccc4)n3-c3ccccc3)C2=O)cc1. The Kier molecular flexibility index (Phi) is 5.66. The zero-order chi connectivity index (χ0) is 22.8. The van der Waals surface area contributed by atoms with E-state index in [0.717, 1.165) is 11.3 Å². The highest BCUT2D eigenvalue weighted by Gasteiger charge is 2.41. The number of benzene rings is 3. The fourth-order valence-corrected chi connectivity index (χ4v) is 4.83. The number of carbonyl (C=O) groups is 2. The van der Waals surface area contributed by atoms with E-state index in [1.807, 2.05) is 65.2 Å². The van der Waals surface area contributed by atoms with Crippen molar-refractivity contribution in [3.8, 4) is 22.8 Å². The number of carbonyl (C=O) groups excluding carboxylic acids is 2. The number of aromatic nitrogens is 3. The van der Waals surface area contributed by atoms with Gasteiger partial charge in [0.05, 0.1) is 12.8 Å². The second kappa shape index (κ2) is 8.91. The lowest BCUT2D eigenvalue weighted by Crippen LogP contribution is -2.31. The maximum atomic E-state index is 13.2. The molecule has 0 saturated carbocycles. The van der Waals surface area contributed by atoms with Crippen molar-refractivity contribution in [3.63, 3.8) is 0 Å². The number of hydrogen-bond donors (Lipinski definition) is 0. The van der Waals surface area contributed by atoms with Gasteiger partial charge in [0.1, 0.15) is 11.0 Å². The molecule has 0 unspecified atom stereocenters. The van der Waals surface area contributed by atoms with Gasteiger partial charge in [-0.15, -0.1) is 10.2 Å². The summed E-state index contributed by atoms with van der Waals surface area (Å²) in [6.45, 7) is 0. The number of methoxy groups -OCH3 is 1. The number of hydrogen-bond acceptors (Lipinski definition) is 6. The van der Waals surface area contributed by atoms with Crippen molar-refractivity contribution in [2.24, 2.45) is 0 Å². The molecule has 1 fully saturated rings. The third kappa shape index (κ3) is 4.01. The van der Waals surface area contributed by atoms with Crippen LogP contribution in [0.2, 0.25) is 0 Å². The standard InChI is InChI=1S/C25H20N4O3S/c1-32-20-14-12-19(13-15-20)28-22(30)16-21(24(28)31)33-25-27-26-23(17-8-4-2-5-9-17)29(25)18-10-6-3-7-11-18/h2-15,21H,16H2,1H3/t21-/m0/s1. The van der Waals surface area contributed by atoms with Gasteiger partial charge in [-0.05, 0) is 36.4 Å². The molecular formula is C25H20N4O3S. The van der Waals surface area contributed by atoms with Gasteiger partial charge < -0.3 is 4.74 Å². The third-order valence-corrected chi connectivity index (χ3v) is 6.49. The highest BCUT2D eigenvalue weighted by molar-refractivity contribution is 8.00. The monoisotopic (exact) mass is 456 g/mol. The lowest BCUT2D eigenvalue weighted by atomic mass is 10.2. The summed E-state index contributed by atoms with van der Waals surface area (Å²) in [5.41, 5.74) is 2.32. The van der Waals surface area contributed by atoms with E-state index < -0.39 is 5.25 Å². The van der Waals surface area contributed by atoms with Crippen LogP contribution < -0.4 is 9.64 Å². The summed E-state index contributed by atoms with van der Waals surface area (Å²) >= 11 is 1.26. The van der Waals surface area contributed by atoms with E-state index in [0.29, 0.717) is 22.4 Å². The summed E-state index contributed by atoms with van der Waals surface area (Å²) in [7, 11) is 1.57. The molecule has 8 heteroatoms. The molecule has 7 nitrogen and oxygen atoms in total. The lowest BCUT2D eigenvalue weighted by Gasteiger charge is -2.15. The van der Waals surface area contributed by atoms with Crippen LogP contribution in [0.3, 0.4) is 0 Å². The highest BCUT2D eigenvalue weighted by atomic mass is 32.2. The first kappa shape index (κ1) is 21.0. The first-order chi connectivity index (χ1) is 16.2. The van der Waals surface area contributed by atoms with Gasteiger partial charge in [0.15, 0.2) is 11.0 Å². The number of anilines is 1. The molecule has 33 heavy (non-hydrogen) atoms. The fourth-order valence-electron chi connectivity index (χ4n) is 3.76. The van der Waals surface area contributed by atoms with Crippen LogP contribution in [0.25, 0.3) is 17.1 Å². The molecule has 1 saturated heterocycles. The predicted octanol–water partition coefficient (Wildman–Crippen LogP) is 4.37. The Bertz CT molecular complexity index is 1290. The maximum Gasteiger partial charge on any atom is 0.247 e. The largest absolute Gasteiger partial charge is 0.497 e. The van der Waals surface area contributed by atoms with Crippen molar-refractivity contribution in [3.05, 3.63) is 84.9 Å². The quantitative estimate of drug-likeness (QED) is 0.401. The van der Waals surface area contributed by atoms with Crippen LogP contribution in [-0.2, 0) is 9.59 Å². The van der Waals surface area contributed by atoms with E-state index in [2.05, 4.69) is 10.2 Å². The second-order valence-electron chi connectivity index (χ2n) is 7.42. The second-order valence-corrected chi connectivity index (χ2v) is 8.59. The van der Waals surface area contributed by atoms with Gasteiger partial charge in [0, 0.05) is 17.7 Å². The topological polar surface area (TPSA) is 77.3 Å². The summed E-state index contributed by atoms with van der Waals surface area (Å²) in [5.74, 6) is 0.831. The molecule has 1 atom stereocenters. The van der Waals surface area contributed by atoms with Gasteiger partial charge in [-0.25, -0.2) is 4.90 Å². The van der Waals surface area contributed by atoms with Crippen LogP contribution in [0.1, 0.15) is 6.42 Å². The molecule has 1 aliphatic rings. The molecule has 0 bridgehead atoms. The minimum atomic E-state index is -0.588. The Hall–Kier alpha value is -3.91. The van der Waals surface area contributed by atoms with Gasteiger partial charge in [-0.3, -0.25) is 14.2 Å². The molecule has 4 aromatic rings. The molecule has 2 amide bonds. The number of rotatable bonds is 6. The Balaban J connectivity index is 1.47. The number of nitrogens with zero attached hydrogens (tertiary/aromatic N) is 4. The van der Waals surface area contributed by atoms with Crippen LogP contribution in [-0.4, -0.2) is 38.9 Å². The predicted molar refractivity (Wildman–Crippen MR) is 127 cm³/mol. The minimum Gasteiger partial charge on any atom is -0.497 e. The van der Waals surface area contributed by atoms with E-state index in [1.54, 1.807) is 31.4 Å². The van der Waals surface area contributed by atoms with Crippen LogP contribution in [0.5, 0.6) is 5.75 Å². The fraction of sp³-hybridized carbons (Fsp3) is 0.120. The number of ether oxygens (including phenoxy) is 1. The number of imide groups is 1. The Morgan fingerprint density at radius 3 is 2.18 bits per heavy atom. The van der Waals surface area contributed by atoms with Crippen LogP contribution in [0.4, 0.5) is 5.69 Å². The summed E-state index contributed by atoms with van der Waals surface area (Å²) < 4.78 is 7.09. The minimum absolute atomic E-state index is 0.0951. The molecular weight excluding hydrogens is 436 g/mol. The molecule has 1 aromatic heterocycles. The summed E-state index contributed by atoms with van der Waals surface area (Å²) in [5, 5.41) is 8.77. The van der Waals surface area contributed by atoms with Gasteiger partial charge >= 0.3 is 0 Å². The average molecular weight is 457 g/mol. The molecule has 0 radical (unpaired) electrons. The first-order valence-corrected chi connectivity index (χ1v) is 11.3. The molecule has 164 valence electrons. The van der Waals surface area contributed by atoms with Gasteiger partial charge in [-0.2, -0.15) is 0 Å². The number of thioether (sulfide) groups is 1. The van der Waals surface area contributed by atoms with E-state index >= 15 is 0 Å². The van der Waals surface area contributed by atoms with Crippen LogP contribution in [0, 0.1) is 0 Å². The van der Waals surface area contributed by atoms with Crippen molar-refractivity contribution < 1.29 is 14.3 Å². The molecule has 0 aliphatic carbocycles. The van der Waals surface area contributed by atoms with Gasteiger partial charge in [-0.1, -0.05) is 60.3 Å². The molecule has 2 heterocycles. The van der Waals surface area contributed by atoms with Crippen molar-refractivity contribution in [1.29, 1.82) is 0 Å². The van der Waals surface area contributed by atoms with Crippen molar-refractivity contribution in [2.75, 3.05) is 12.0 Å². The average Bonchev–Trinajstić information content (AvgIpc) is 3.40. The summed E-state index contributed by atoms with van der Waals surface area (Å²) in [6.07, 6.45) is 0.0951. The van der Waals surface area contributed by atoms with E-state index in [-0.39, 0.29) is 18.2 Å². The zero-order valence-corrected chi connectivity index (χ0v) is 18.6. The molecule has 5 rings (SSSR count). The maximum absolute atomic E-state index is 13.2. The zero-order valence-electron chi connectivity index (χ0n) is 17.8. The summed E-state index contributed by atoms with van der Waals surface area (Å²) in [4.78, 5) is 27.2. The van der Waals surface area contributed by atoms with Crippen molar-refractivity contribution in [2.45, 2.75) is 16.8 Å². The Morgan fingerprint density at radius 1 is 0.848 bits per heavy atom. The van der Waals surface area contributed by atoms with Crippen LogP contribution >= 0.6 is 11.8 Å². The molecule has 1 aliphatic heterocycles. The van der Waals surface area contributed by atoms with E-state index in [9.17, 15) is 9.59 Å².